The van der Waals surface area contributed by atoms with Crippen molar-refractivity contribution in [2.24, 2.45) is 5.92 Å². The van der Waals surface area contributed by atoms with Crippen LogP contribution < -0.4 is 5.32 Å². The van der Waals surface area contributed by atoms with E-state index in [4.69, 9.17) is 0 Å². The Morgan fingerprint density at radius 3 is 2.39 bits per heavy atom. The van der Waals surface area contributed by atoms with Gasteiger partial charge in [0.1, 0.15) is 0 Å². The maximum atomic E-state index is 12.2. The minimum absolute atomic E-state index is 0.272. The molecule has 0 aliphatic carbocycles. The summed E-state index contributed by atoms with van der Waals surface area (Å²) in [4.78, 5) is 17.0. The van der Waals surface area contributed by atoms with Crippen LogP contribution in [0.4, 0.5) is 0 Å². The number of nitrogens with one attached hydrogen (secondary N) is 1. The number of hydrogen-bond donors (Lipinski definition) is 1. The summed E-state index contributed by atoms with van der Waals surface area (Å²) >= 11 is 0. The van der Waals surface area contributed by atoms with Gasteiger partial charge in [0.05, 0.1) is 5.92 Å². The molecule has 0 saturated carbocycles. The predicted molar refractivity (Wildman–Crippen MR) is 71.4 cm³/mol. The highest BCUT2D eigenvalue weighted by Gasteiger charge is 2.31. The summed E-state index contributed by atoms with van der Waals surface area (Å²) in [6.45, 7) is 6.32. The fourth-order valence-electron chi connectivity index (χ4n) is 3.49. The number of carbonyl (C=O) groups is 1. The van der Waals surface area contributed by atoms with Crippen LogP contribution in [-0.4, -0.2) is 61.0 Å². The van der Waals surface area contributed by atoms with Gasteiger partial charge in [0, 0.05) is 32.2 Å². The lowest BCUT2D eigenvalue weighted by atomic mass is 10.0. The third-order valence-corrected chi connectivity index (χ3v) is 4.80. The van der Waals surface area contributed by atoms with E-state index in [9.17, 15) is 4.79 Å². The second-order valence-corrected chi connectivity index (χ2v) is 6.01. The number of likely N-dealkylation sites (tertiary alicyclic amines) is 2. The van der Waals surface area contributed by atoms with Crippen LogP contribution in [0, 0.1) is 5.92 Å². The highest BCUT2D eigenvalue weighted by molar-refractivity contribution is 5.80. The van der Waals surface area contributed by atoms with Crippen LogP contribution in [0.25, 0.3) is 0 Å². The van der Waals surface area contributed by atoms with Crippen LogP contribution in [0.2, 0.25) is 0 Å². The van der Waals surface area contributed by atoms with Gasteiger partial charge >= 0.3 is 0 Å². The van der Waals surface area contributed by atoms with Crippen LogP contribution in [0.5, 0.6) is 0 Å². The average Bonchev–Trinajstić information content (AvgIpc) is 2.71. The Morgan fingerprint density at radius 2 is 1.72 bits per heavy atom. The average molecular weight is 251 g/mol. The summed E-state index contributed by atoms with van der Waals surface area (Å²) < 4.78 is 0. The summed E-state index contributed by atoms with van der Waals surface area (Å²) in [5.74, 6) is 0.671. The molecule has 0 spiro atoms. The van der Waals surface area contributed by atoms with Gasteiger partial charge in [-0.3, -0.25) is 4.79 Å². The third-order valence-electron chi connectivity index (χ3n) is 4.80. The molecule has 1 atom stereocenters. The Hall–Kier alpha value is -0.610. The molecule has 3 aliphatic rings. The topological polar surface area (TPSA) is 35.6 Å². The SMILES string of the molecule is O=C(C1CNC1)N1CCCC(N2CCCC2)CC1. The zero-order valence-electron chi connectivity index (χ0n) is 11.2. The molecular formula is C14H25N3O. The van der Waals surface area contributed by atoms with Crippen molar-refractivity contribution in [3.05, 3.63) is 0 Å². The second-order valence-electron chi connectivity index (χ2n) is 6.01. The van der Waals surface area contributed by atoms with Crippen molar-refractivity contribution in [3.8, 4) is 0 Å². The summed E-state index contributed by atoms with van der Waals surface area (Å²) in [6.07, 6.45) is 6.39. The lowest BCUT2D eigenvalue weighted by molar-refractivity contribution is -0.137. The first-order chi connectivity index (χ1) is 8.84. The molecule has 18 heavy (non-hydrogen) atoms. The van der Waals surface area contributed by atoms with Gasteiger partial charge in [-0.2, -0.15) is 0 Å². The van der Waals surface area contributed by atoms with Crippen molar-refractivity contribution in [2.45, 2.75) is 38.1 Å². The zero-order chi connectivity index (χ0) is 12.4. The van der Waals surface area contributed by atoms with Crippen LogP contribution in [0.1, 0.15) is 32.1 Å². The molecule has 0 aromatic carbocycles. The van der Waals surface area contributed by atoms with Gasteiger partial charge in [-0.15, -0.1) is 0 Å². The number of rotatable bonds is 2. The maximum absolute atomic E-state index is 12.2. The van der Waals surface area contributed by atoms with Crippen molar-refractivity contribution in [3.63, 3.8) is 0 Å². The van der Waals surface area contributed by atoms with Gasteiger partial charge in [0.2, 0.25) is 5.91 Å². The van der Waals surface area contributed by atoms with Crippen LogP contribution in [0.15, 0.2) is 0 Å². The van der Waals surface area contributed by atoms with E-state index in [0.717, 1.165) is 32.2 Å². The molecule has 3 rings (SSSR count). The van der Waals surface area contributed by atoms with Crippen LogP contribution in [0.3, 0.4) is 0 Å². The lowest BCUT2D eigenvalue weighted by Crippen LogP contribution is -2.52. The van der Waals surface area contributed by atoms with E-state index >= 15 is 0 Å². The Morgan fingerprint density at radius 1 is 0.944 bits per heavy atom. The fraction of sp³-hybridized carbons (Fsp3) is 0.929. The maximum Gasteiger partial charge on any atom is 0.228 e. The molecule has 3 fully saturated rings. The minimum atomic E-state index is 0.272. The Kier molecular flexibility index (Phi) is 3.85. The van der Waals surface area contributed by atoms with Crippen molar-refractivity contribution in [2.75, 3.05) is 39.3 Å². The summed E-state index contributed by atoms with van der Waals surface area (Å²) in [7, 11) is 0. The number of nitrogens with zero attached hydrogens (tertiary/aromatic N) is 2. The first-order valence-electron chi connectivity index (χ1n) is 7.58. The van der Waals surface area contributed by atoms with E-state index < -0.39 is 0 Å². The Bertz CT molecular complexity index is 297. The van der Waals surface area contributed by atoms with E-state index in [1.54, 1.807) is 0 Å². The van der Waals surface area contributed by atoms with Crippen LogP contribution >= 0.6 is 0 Å². The number of amides is 1. The largest absolute Gasteiger partial charge is 0.342 e. The molecular weight excluding hydrogens is 226 g/mol. The molecule has 4 nitrogen and oxygen atoms in total. The van der Waals surface area contributed by atoms with Gasteiger partial charge in [0.15, 0.2) is 0 Å². The van der Waals surface area contributed by atoms with Crippen molar-refractivity contribution >= 4 is 5.91 Å². The number of hydrogen-bond acceptors (Lipinski definition) is 3. The Balaban J connectivity index is 1.52. The van der Waals surface area contributed by atoms with Gasteiger partial charge in [-0.1, -0.05) is 0 Å². The van der Waals surface area contributed by atoms with E-state index in [1.165, 1.54) is 45.2 Å². The third kappa shape index (κ3) is 2.54. The monoisotopic (exact) mass is 251 g/mol. The van der Waals surface area contributed by atoms with E-state index in [1.807, 2.05) is 0 Å². The highest BCUT2D eigenvalue weighted by Crippen LogP contribution is 2.22. The minimum Gasteiger partial charge on any atom is -0.342 e. The molecule has 0 radical (unpaired) electrons. The normalized spacial score (nSPS) is 31.1. The van der Waals surface area contributed by atoms with E-state index in [0.29, 0.717) is 5.91 Å². The molecule has 3 aliphatic heterocycles. The second kappa shape index (κ2) is 5.57. The van der Waals surface area contributed by atoms with Gasteiger partial charge in [-0.05, 0) is 45.2 Å². The molecule has 0 aromatic heterocycles. The number of carbonyl (C=O) groups excluding carboxylic acids is 1. The standard InChI is InChI=1S/C14H25N3O/c18-14(12-10-15-11-12)17-8-3-4-13(5-9-17)16-6-1-2-7-16/h12-13,15H,1-11H2. The molecule has 3 heterocycles. The molecule has 4 heteroatoms. The fourth-order valence-corrected chi connectivity index (χ4v) is 3.49. The summed E-state index contributed by atoms with van der Waals surface area (Å²) in [6, 6.07) is 0.741. The summed E-state index contributed by atoms with van der Waals surface area (Å²) in [5, 5.41) is 3.19. The summed E-state index contributed by atoms with van der Waals surface area (Å²) in [5.41, 5.74) is 0. The van der Waals surface area contributed by atoms with Crippen LogP contribution in [-0.2, 0) is 4.79 Å². The quantitative estimate of drug-likeness (QED) is 0.784. The first kappa shape index (κ1) is 12.4. The van der Waals surface area contributed by atoms with Gasteiger partial charge < -0.3 is 15.1 Å². The van der Waals surface area contributed by atoms with E-state index in [2.05, 4.69) is 15.1 Å². The molecule has 1 N–H and O–H groups in total. The van der Waals surface area contributed by atoms with Gasteiger partial charge in [-0.25, -0.2) is 0 Å². The molecule has 1 amide bonds. The van der Waals surface area contributed by atoms with E-state index in [-0.39, 0.29) is 5.92 Å². The van der Waals surface area contributed by atoms with Crippen molar-refractivity contribution in [1.82, 2.24) is 15.1 Å². The van der Waals surface area contributed by atoms with Gasteiger partial charge in [0.25, 0.3) is 0 Å². The molecule has 0 bridgehead atoms. The Labute approximate surface area is 110 Å². The molecule has 1 unspecified atom stereocenters. The lowest BCUT2D eigenvalue weighted by Gasteiger charge is -2.32. The van der Waals surface area contributed by atoms with Crippen molar-refractivity contribution < 1.29 is 4.79 Å². The smallest absolute Gasteiger partial charge is 0.228 e. The zero-order valence-corrected chi connectivity index (χ0v) is 11.2. The first-order valence-corrected chi connectivity index (χ1v) is 7.58. The molecule has 3 saturated heterocycles. The van der Waals surface area contributed by atoms with Crippen molar-refractivity contribution in [1.29, 1.82) is 0 Å². The predicted octanol–water partition coefficient (Wildman–Crippen LogP) is 0.683. The molecule has 0 aromatic rings. The molecule has 102 valence electrons. The highest BCUT2D eigenvalue weighted by atomic mass is 16.2.